The number of nitrogens with zero attached hydrogens (tertiary/aromatic N) is 1. The van der Waals surface area contributed by atoms with Crippen molar-refractivity contribution in [3.63, 3.8) is 0 Å². The Morgan fingerprint density at radius 2 is 2.00 bits per heavy atom. The molecule has 0 aliphatic rings. The van der Waals surface area contributed by atoms with Crippen LogP contribution in [-0.2, 0) is 24.3 Å². The monoisotopic (exact) mass is 258 g/mol. The van der Waals surface area contributed by atoms with Crippen molar-refractivity contribution >= 4 is 5.91 Å². The van der Waals surface area contributed by atoms with E-state index in [0.717, 1.165) is 16.7 Å². The summed E-state index contributed by atoms with van der Waals surface area (Å²) in [6, 6.07) is 9.63. The van der Waals surface area contributed by atoms with Gasteiger partial charge in [0, 0.05) is 25.7 Å². The third-order valence-electron chi connectivity index (χ3n) is 3.11. The van der Waals surface area contributed by atoms with Crippen LogP contribution in [0.3, 0.4) is 0 Å². The summed E-state index contributed by atoms with van der Waals surface area (Å²) in [6.45, 7) is 1.01. The Morgan fingerprint density at radius 1 is 1.26 bits per heavy atom. The van der Waals surface area contributed by atoms with Gasteiger partial charge in [0.2, 0.25) is 5.91 Å². The molecule has 4 nitrogen and oxygen atoms in total. The van der Waals surface area contributed by atoms with E-state index in [0.29, 0.717) is 19.5 Å². The van der Waals surface area contributed by atoms with Crippen LogP contribution in [0.1, 0.15) is 16.7 Å². The molecule has 2 aromatic rings. The molecule has 0 unspecified atom stereocenters. The van der Waals surface area contributed by atoms with Crippen LogP contribution in [0, 0.1) is 0 Å². The molecule has 0 saturated heterocycles. The summed E-state index contributed by atoms with van der Waals surface area (Å²) < 4.78 is 5.00. The van der Waals surface area contributed by atoms with Crippen LogP contribution in [0.5, 0.6) is 0 Å². The lowest BCUT2D eigenvalue weighted by molar-refractivity contribution is -0.129. The number of likely N-dealkylation sites (N-methyl/N-ethyl adjacent to an activating group) is 1. The van der Waals surface area contributed by atoms with E-state index < -0.39 is 0 Å². The van der Waals surface area contributed by atoms with E-state index in [1.165, 1.54) is 0 Å². The van der Waals surface area contributed by atoms with Gasteiger partial charge in [-0.3, -0.25) is 4.79 Å². The number of hydrogen-bond donors (Lipinski definition) is 1. The second-order valence-corrected chi connectivity index (χ2v) is 4.53. The van der Waals surface area contributed by atoms with Crippen molar-refractivity contribution in [2.75, 3.05) is 7.05 Å². The molecular weight excluding hydrogens is 240 g/mol. The van der Waals surface area contributed by atoms with Crippen LogP contribution in [0.4, 0.5) is 0 Å². The minimum absolute atomic E-state index is 0.0714. The Labute approximate surface area is 112 Å². The fourth-order valence-electron chi connectivity index (χ4n) is 1.97. The normalized spacial score (nSPS) is 10.4. The second kappa shape index (κ2) is 6.20. The molecule has 1 aromatic carbocycles. The molecule has 4 heteroatoms. The summed E-state index contributed by atoms with van der Waals surface area (Å²) in [5, 5.41) is 0. The summed E-state index contributed by atoms with van der Waals surface area (Å²) in [4.78, 5) is 13.9. The van der Waals surface area contributed by atoms with Crippen LogP contribution >= 0.6 is 0 Å². The van der Waals surface area contributed by atoms with Gasteiger partial charge in [-0.05, 0) is 17.2 Å². The third-order valence-corrected chi connectivity index (χ3v) is 3.11. The van der Waals surface area contributed by atoms with E-state index in [1.54, 1.807) is 24.5 Å². The van der Waals surface area contributed by atoms with Gasteiger partial charge in [0.05, 0.1) is 18.9 Å². The number of carbonyl (C=O) groups excluding carboxylic acids is 1. The Balaban J connectivity index is 2.00. The lowest BCUT2D eigenvalue weighted by atomic mass is 10.0. The molecule has 100 valence electrons. The molecule has 0 spiro atoms. The highest BCUT2D eigenvalue weighted by Gasteiger charge is 2.12. The third kappa shape index (κ3) is 3.45. The Hall–Kier alpha value is -2.07. The Kier molecular flexibility index (Phi) is 4.36. The molecule has 0 radical (unpaired) electrons. The minimum Gasteiger partial charge on any atom is -0.472 e. The standard InChI is InChI=1S/C15H18N2O2/c1-17(10-12-6-7-19-11-12)15(18)8-13-4-2-3-5-14(13)9-16/h2-7,11H,8-10,16H2,1H3. The molecule has 0 saturated carbocycles. The van der Waals surface area contributed by atoms with E-state index in [1.807, 2.05) is 30.3 Å². The van der Waals surface area contributed by atoms with E-state index in [-0.39, 0.29) is 5.91 Å². The van der Waals surface area contributed by atoms with E-state index in [9.17, 15) is 4.79 Å². The van der Waals surface area contributed by atoms with Gasteiger partial charge in [-0.15, -0.1) is 0 Å². The average molecular weight is 258 g/mol. The molecule has 2 N–H and O–H groups in total. The molecule has 19 heavy (non-hydrogen) atoms. The molecule has 0 aliphatic carbocycles. The van der Waals surface area contributed by atoms with Gasteiger partial charge in [0.1, 0.15) is 0 Å². The molecule has 1 heterocycles. The molecule has 2 rings (SSSR count). The van der Waals surface area contributed by atoms with Crippen LogP contribution in [0.15, 0.2) is 47.3 Å². The number of furan rings is 1. The molecule has 1 aromatic heterocycles. The highest BCUT2D eigenvalue weighted by Crippen LogP contribution is 2.11. The number of carbonyl (C=O) groups is 1. The van der Waals surface area contributed by atoms with E-state index in [2.05, 4.69) is 0 Å². The number of nitrogens with two attached hydrogens (primary N) is 1. The van der Waals surface area contributed by atoms with E-state index in [4.69, 9.17) is 10.2 Å². The molecular formula is C15H18N2O2. The van der Waals surface area contributed by atoms with Crippen molar-refractivity contribution in [2.45, 2.75) is 19.5 Å². The molecule has 0 bridgehead atoms. The largest absolute Gasteiger partial charge is 0.472 e. The molecule has 0 fully saturated rings. The van der Waals surface area contributed by atoms with Crippen molar-refractivity contribution in [1.82, 2.24) is 4.90 Å². The number of rotatable bonds is 5. The van der Waals surface area contributed by atoms with Crippen molar-refractivity contribution in [3.05, 3.63) is 59.5 Å². The first-order valence-electron chi connectivity index (χ1n) is 6.22. The second-order valence-electron chi connectivity index (χ2n) is 4.53. The molecule has 0 atom stereocenters. The molecule has 0 aliphatic heterocycles. The predicted octanol–water partition coefficient (Wildman–Crippen LogP) is 1.94. The zero-order valence-electron chi connectivity index (χ0n) is 11.0. The first-order valence-corrected chi connectivity index (χ1v) is 6.22. The summed E-state index contributed by atoms with van der Waals surface area (Å²) in [5.41, 5.74) is 8.68. The number of benzene rings is 1. The van der Waals surface area contributed by atoms with Gasteiger partial charge in [0.15, 0.2) is 0 Å². The first kappa shape index (κ1) is 13.4. The summed E-state index contributed by atoms with van der Waals surface area (Å²) in [7, 11) is 1.79. The zero-order valence-corrected chi connectivity index (χ0v) is 11.0. The van der Waals surface area contributed by atoms with Crippen LogP contribution in [0.25, 0.3) is 0 Å². The predicted molar refractivity (Wildman–Crippen MR) is 73.2 cm³/mol. The topological polar surface area (TPSA) is 59.5 Å². The number of amides is 1. The highest BCUT2D eigenvalue weighted by molar-refractivity contribution is 5.78. The van der Waals surface area contributed by atoms with Crippen LogP contribution in [-0.4, -0.2) is 17.9 Å². The van der Waals surface area contributed by atoms with Gasteiger partial charge >= 0.3 is 0 Å². The van der Waals surface area contributed by atoms with Crippen molar-refractivity contribution in [3.8, 4) is 0 Å². The Bertz CT molecular complexity index is 535. The maximum atomic E-state index is 12.2. The number of hydrogen-bond acceptors (Lipinski definition) is 3. The highest BCUT2D eigenvalue weighted by atomic mass is 16.3. The van der Waals surface area contributed by atoms with Gasteiger partial charge < -0.3 is 15.1 Å². The van der Waals surface area contributed by atoms with Crippen molar-refractivity contribution in [1.29, 1.82) is 0 Å². The summed E-state index contributed by atoms with van der Waals surface area (Å²) >= 11 is 0. The van der Waals surface area contributed by atoms with Crippen LogP contribution in [0.2, 0.25) is 0 Å². The van der Waals surface area contributed by atoms with Gasteiger partial charge in [-0.25, -0.2) is 0 Å². The first-order chi connectivity index (χ1) is 9.20. The minimum atomic E-state index is 0.0714. The van der Waals surface area contributed by atoms with Gasteiger partial charge in [0.25, 0.3) is 0 Å². The smallest absolute Gasteiger partial charge is 0.227 e. The lowest BCUT2D eigenvalue weighted by Crippen LogP contribution is -2.28. The van der Waals surface area contributed by atoms with Gasteiger partial charge in [-0.1, -0.05) is 24.3 Å². The zero-order chi connectivity index (χ0) is 13.7. The maximum Gasteiger partial charge on any atom is 0.227 e. The Morgan fingerprint density at radius 3 is 2.63 bits per heavy atom. The SMILES string of the molecule is CN(Cc1ccoc1)C(=O)Cc1ccccc1CN. The molecule has 1 amide bonds. The van der Waals surface area contributed by atoms with E-state index >= 15 is 0 Å². The van der Waals surface area contributed by atoms with Crippen molar-refractivity contribution in [2.24, 2.45) is 5.73 Å². The fraction of sp³-hybridized carbons (Fsp3) is 0.267. The maximum absolute atomic E-state index is 12.2. The summed E-state index contributed by atoms with van der Waals surface area (Å²) in [6.07, 6.45) is 3.64. The fourth-order valence-corrected chi connectivity index (χ4v) is 1.97. The quantitative estimate of drug-likeness (QED) is 0.891. The lowest BCUT2D eigenvalue weighted by Gasteiger charge is -2.17. The van der Waals surface area contributed by atoms with Crippen LogP contribution < -0.4 is 5.73 Å². The van der Waals surface area contributed by atoms with Gasteiger partial charge in [-0.2, -0.15) is 0 Å². The average Bonchev–Trinajstić information content (AvgIpc) is 2.92. The van der Waals surface area contributed by atoms with Crippen molar-refractivity contribution < 1.29 is 9.21 Å². The summed E-state index contributed by atoms with van der Waals surface area (Å²) in [5.74, 6) is 0.0714.